The first-order valence-corrected chi connectivity index (χ1v) is 8.77. The lowest BCUT2D eigenvalue weighted by Crippen LogP contribution is -2.16. The van der Waals surface area contributed by atoms with Gasteiger partial charge in [-0.05, 0) is 44.5 Å². The van der Waals surface area contributed by atoms with Crippen LogP contribution in [0, 0.1) is 6.92 Å². The molecule has 0 radical (unpaired) electrons. The molecule has 0 spiro atoms. The molecule has 27 heavy (non-hydrogen) atoms. The fraction of sp³-hybridized carbons (Fsp3) is 0.286. The van der Waals surface area contributed by atoms with Crippen LogP contribution in [0.4, 0.5) is 5.69 Å². The molecule has 0 atom stereocenters. The van der Waals surface area contributed by atoms with Crippen molar-refractivity contribution in [3.63, 3.8) is 0 Å². The molecule has 2 aromatic rings. The number of esters is 2. The van der Waals surface area contributed by atoms with E-state index in [0.29, 0.717) is 5.69 Å². The van der Waals surface area contributed by atoms with Crippen LogP contribution >= 0.6 is 0 Å². The van der Waals surface area contributed by atoms with Gasteiger partial charge in [-0.25, -0.2) is 9.59 Å². The molecule has 6 heteroatoms. The van der Waals surface area contributed by atoms with Crippen LogP contribution in [0.3, 0.4) is 0 Å². The summed E-state index contributed by atoms with van der Waals surface area (Å²) in [6.45, 7) is 5.77. The third-order valence-electron chi connectivity index (χ3n) is 3.72. The average molecular weight is 369 g/mol. The van der Waals surface area contributed by atoms with Gasteiger partial charge >= 0.3 is 11.9 Å². The molecule has 1 amide bonds. The molecule has 6 nitrogen and oxygen atoms in total. The zero-order valence-electron chi connectivity index (χ0n) is 15.7. The summed E-state index contributed by atoms with van der Waals surface area (Å²) in [6, 6.07) is 12.0. The summed E-state index contributed by atoms with van der Waals surface area (Å²) in [5.41, 5.74) is 2.66. The first-order chi connectivity index (χ1) is 12.9. The molecule has 1 N–H and O–H groups in total. The van der Waals surface area contributed by atoms with Gasteiger partial charge < -0.3 is 14.8 Å². The van der Waals surface area contributed by atoms with Crippen LogP contribution in [0.5, 0.6) is 0 Å². The first kappa shape index (κ1) is 20.2. The Morgan fingerprint density at radius 2 is 1.37 bits per heavy atom. The summed E-state index contributed by atoms with van der Waals surface area (Å²) in [6.07, 6.45) is 0.179. The number of anilines is 1. The van der Waals surface area contributed by atoms with Crippen LogP contribution in [0.15, 0.2) is 42.5 Å². The highest BCUT2D eigenvalue weighted by molar-refractivity contribution is 5.99. The van der Waals surface area contributed by atoms with E-state index in [-0.39, 0.29) is 36.7 Å². The topological polar surface area (TPSA) is 81.7 Å². The number of hydrogen-bond donors (Lipinski definition) is 1. The number of carbonyl (C=O) groups is 3. The van der Waals surface area contributed by atoms with E-state index in [1.807, 2.05) is 31.2 Å². The van der Waals surface area contributed by atoms with E-state index in [1.54, 1.807) is 13.8 Å². The van der Waals surface area contributed by atoms with Crippen LogP contribution in [0.2, 0.25) is 0 Å². The third kappa shape index (κ3) is 5.95. The van der Waals surface area contributed by atoms with E-state index >= 15 is 0 Å². The lowest BCUT2D eigenvalue weighted by Gasteiger charge is -2.11. The van der Waals surface area contributed by atoms with Gasteiger partial charge in [0.15, 0.2) is 0 Å². The molecule has 2 rings (SSSR count). The number of amides is 1. The standard InChI is InChI=1S/C21H23NO5/c1-4-26-20(24)16-11-17(21(25)27-5-2)13-18(12-16)22-19(23)10-15-8-6-14(3)7-9-15/h6-9,11-13H,4-5,10H2,1-3H3,(H,22,23). The largest absolute Gasteiger partial charge is 0.462 e. The second-order valence-electron chi connectivity index (χ2n) is 5.95. The van der Waals surface area contributed by atoms with Crippen molar-refractivity contribution in [3.8, 4) is 0 Å². The number of aryl methyl sites for hydroxylation is 1. The number of carbonyl (C=O) groups excluding carboxylic acids is 3. The van der Waals surface area contributed by atoms with Crippen molar-refractivity contribution in [2.24, 2.45) is 0 Å². The van der Waals surface area contributed by atoms with E-state index < -0.39 is 11.9 Å². The van der Waals surface area contributed by atoms with Crippen LogP contribution in [-0.4, -0.2) is 31.1 Å². The van der Waals surface area contributed by atoms with Gasteiger partial charge in [0.2, 0.25) is 5.91 Å². The van der Waals surface area contributed by atoms with Gasteiger partial charge in [0, 0.05) is 5.69 Å². The molecule has 0 aromatic heterocycles. The molecule has 0 bridgehead atoms. The van der Waals surface area contributed by atoms with Crippen molar-refractivity contribution in [2.75, 3.05) is 18.5 Å². The minimum atomic E-state index is -0.572. The first-order valence-electron chi connectivity index (χ1n) is 8.77. The highest BCUT2D eigenvalue weighted by atomic mass is 16.5. The quantitative estimate of drug-likeness (QED) is 0.755. The minimum absolute atomic E-state index is 0.174. The number of rotatable bonds is 7. The number of hydrogen-bond acceptors (Lipinski definition) is 5. The van der Waals surface area contributed by atoms with Gasteiger partial charge in [-0.2, -0.15) is 0 Å². The molecule has 0 aliphatic carbocycles. The molecule has 142 valence electrons. The second kappa shape index (κ2) is 9.52. The lowest BCUT2D eigenvalue weighted by atomic mass is 10.1. The summed E-state index contributed by atoms with van der Waals surface area (Å²) >= 11 is 0. The Hall–Kier alpha value is -3.15. The summed E-state index contributed by atoms with van der Waals surface area (Å²) in [5.74, 6) is -1.40. The average Bonchev–Trinajstić information content (AvgIpc) is 2.63. The van der Waals surface area contributed by atoms with E-state index in [0.717, 1.165) is 11.1 Å². The van der Waals surface area contributed by atoms with Crippen molar-refractivity contribution >= 4 is 23.5 Å². The van der Waals surface area contributed by atoms with E-state index in [4.69, 9.17) is 9.47 Å². The fourth-order valence-corrected chi connectivity index (χ4v) is 2.46. The van der Waals surface area contributed by atoms with Crippen LogP contribution in [0.1, 0.15) is 45.7 Å². The van der Waals surface area contributed by atoms with Crippen molar-refractivity contribution in [2.45, 2.75) is 27.2 Å². The maximum absolute atomic E-state index is 12.3. The Kier molecular flexibility index (Phi) is 7.11. The fourth-order valence-electron chi connectivity index (χ4n) is 2.46. The second-order valence-corrected chi connectivity index (χ2v) is 5.95. The van der Waals surface area contributed by atoms with Crippen molar-refractivity contribution in [1.82, 2.24) is 0 Å². The summed E-state index contributed by atoms with van der Waals surface area (Å²) in [5, 5.41) is 2.73. The molecule has 0 heterocycles. The highest BCUT2D eigenvalue weighted by Crippen LogP contribution is 2.18. The molecule has 0 aliphatic rings. The van der Waals surface area contributed by atoms with Crippen molar-refractivity contribution < 1.29 is 23.9 Å². The monoisotopic (exact) mass is 369 g/mol. The maximum atomic E-state index is 12.3. The van der Waals surface area contributed by atoms with Crippen molar-refractivity contribution in [3.05, 3.63) is 64.7 Å². The van der Waals surface area contributed by atoms with E-state index in [9.17, 15) is 14.4 Å². The molecule has 0 unspecified atom stereocenters. The van der Waals surface area contributed by atoms with Crippen LogP contribution in [-0.2, 0) is 20.7 Å². The molecule has 2 aromatic carbocycles. The molecular weight excluding hydrogens is 346 g/mol. The van der Waals surface area contributed by atoms with Crippen LogP contribution < -0.4 is 5.32 Å². The Bertz CT molecular complexity index is 791. The molecule has 0 fully saturated rings. The molecule has 0 aliphatic heterocycles. The predicted octanol–water partition coefficient (Wildman–Crippen LogP) is 3.53. The lowest BCUT2D eigenvalue weighted by molar-refractivity contribution is -0.115. The SMILES string of the molecule is CCOC(=O)c1cc(NC(=O)Cc2ccc(C)cc2)cc(C(=O)OCC)c1. The van der Waals surface area contributed by atoms with Gasteiger partial charge in [0.05, 0.1) is 30.8 Å². The van der Waals surface area contributed by atoms with Crippen LogP contribution in [0.25, 0.3) is 0 Å². The van der Waals surface area contributed by atoms with E-state index in [1.165, 1.54) is 18.2 Å². The normalized spacial score (nSPS) is 10.2. The zero-order chi connectivity index (χ0) is 19.8. The third-order valence-corrected chi connectivity index (χ3v) is 3.72. The van der Waals surface area contributed by atoms with Gasteiger partial charge in [-0.3, -0.25) is 4.79 Å². The van der Waals surface area contributed by atoms with E-state index in [2.05, 4.69) is 5.32 Å². The molecule has 0 saturated carbocycles. The minimum Gasteiger partial charge on any atom is -0.462 e. The zero-order valence-corrected chi connectivity index (χ0v) is 15.7. The highest BCUT2D eigenvalue weighted by Gasteiger charge is 2.16. The Labute approximate surface area is 158 Å². The van der Waals surface area contributed by atoms with Gasteiger partial charge in [0.1, 0.15) is 0 Å². The van der Waals surface area contributed by atoms with Gasteiger partial charge in [-0.1, -0.05) is 29.8 Å². The van der Waals surface area contributed by atoms with Gasteiger partial charge in [-0.15, -0.1) is 0 Å². The number of ether oxygens (including phenoxy) is 2. The number of nitrogens with one attached hydrogen (secondary N) is 1. The van der Waals surface area contributed by atoms with Gasteiger partial charge in [0.25, 0.3) is 0 Å². The Morgan fingerprint density at radius 1 is 0.852 bits per heavy atom. The number of benzene rings is 2. The Balaban J connectivity index is 2.22. The predicted molar refractivity (Wildman–Crippen MR) is 102 cm³/mol. The van der Waals surface area contributed by atoms with Crippen molar-refractivity contribution in [1.29, 1.82) is 0 Å². The summed E-state index contributed by atoms with van der Waals surface area (Å²) < 4.78 is 9.97. The summed E-state index contributed by atoms with van der Waals surface area (Å²) in [4.78, 5) is 36.4. The Morgan fingerprint density at radius 3 is 1.85 bits per heavy atom. The smallest absolute Gasteiger partial charge is 0.338 e. The summed E-state index contributed by atoms with van der Waals surface area (Å²) in [7, 11) is 0. The molecular formula is C21H23NO5. The molecule has 0 saturated heterocycles. The maximum Gasteiger partial charge on any atom is 0.338 e.